The Balaban J connectivity index is 0.000000352. The van der Waals surface area contributed by atoms with Crippen molar-refractivity contribution in [2.75, 3.05) is 28.4 Å². The smallest absolute Gasteiger partial charge is 0.349 e. The zero-order valence-electron chi connectivity index (χ0n) is 59.9. The molecule has 12 aromatic rings. The van der Waals surface area contributed by atoms with Gasteiger partial charge >= 0.3 is 23.9 Å². The molecule has 554 valence electrons. The third-order valence-corrected chi connectivity index (χ3v) is 21.9. The van der Waals surface area contributed by atoms with Crippen molar-refractivity contribution in [2.24, 2.45) is 11.3 Å². The number of esters is 3. The molecule has 109 heavy (non-hydrogen) atoms. The third-order valence-electron chi connectivity index (χ3n) is 17.8. The maximum atomic E-state index is 14.7. The monoisotopic (exact) mass is 1570 g/mol. The molecular formula is C87H76Cl2N4O12S4. The van der Waals surface area contributed by atoms with Gasteiger partial charge in [0.25, 0.3) is 0 Å². The highest BCUT2D eigenvalue weighted by molar-refractivity contribution is 7.16. The van der Waals surface area contributed by atoms with Crippen LogP contribution < -0.4 is 30.7 Å². The molecule has 0 fully saturated rings. The van der Waals surface area contributed by atoms with Gasteiger partial charge in [-0.3, -0.25) is 19.2 Å². The van der Waals surface area contributed by atoms with Crippen molar-refractivity contribution in [1.29, 1.82) is 0 Å². The number of benzene rings is 8. The predicted octanol–water partition coefficient (Wildman–Crippen LogP) is 21.9. The van der Waals surface area contributed by atoms with Gasteiger partial charge in [0.15, 0.2) is 0 Å². The molecule has 0 aliphatic heterocycles. The lowest BCUT2D eigenvalue weighted by Gasteiger charge is -2.29. The number of anilines is 4. The zero-order valence-corrected chi connectivity index (χ0v) is 64.6. The summed E-state index contributed by atoms with van der Waals surface area (Å²) in [5.74, 6) is -4.73. The van der Waals surface area contributed by atoms with Crippen LogP contribution in [-0.2, 0) is 49.6 Å². The number of halogens is 2. The first-order valence-corrected chi connectivity index (χ1v) is 39.2. The fourth-order valence-electron chi connectivity index (χ4n) is 12.0. The first-order chi connectivity index (χ1) is 52.7. The maximum absolute atomic E-state index is 14.7. The van der Waals surface area contributed by atoms with Crippen LogP contribution in [0.15, 0.2) is 240 Å². The fraction of sp³-hybridized carbons (Fsp3) is 0.172. The van der Waals surface area contributed by atoms with Crippen molar-refractivity contribution in [3.8, 4) is 56.0 Å². The van der Waals surface area contributed by atoms with Gasteiger partial charge in [0, 0.05) is 79.0 Å². The highest BCUT2D eigenvalue weighted by atomic mass is 35.5. The highest BCUT2D eigenvalue weighted by Crippen LogP contribution is 2.43. The van der Waals surface area contributed by atoms with E-state index in [-0.39, 0.29) is 74.5 Å². The second-order valence-corrected chi connectivity index (χ2v) is 30.8. The molecule has 0 aliphatic carbocycles. The third kappa shape index (κ3) is 21.4. The highest BCUT2D eigenvalue weighted by Gasteiger charge is 2.35. The number of carbonyl (C=O) groups is 8. The second-order valence-electron chi connectivity index (χ2n) is 26.5. The van der Waals surface area contributed by atoms with Crippen LogP contribution in [0.1, 0.15) is 117 Å². The number of carboxylic acids is 1. The number of hydrogen-bond donors (Lipinski definition) is 5. The van der Waals surface area contributed by atoms with Crippen LogP contribution in [0, 0.1) is 11.3 Å². The Morgan fingerprint density at radius 1 is 0.394 bits per heavy atom. The number of carbonyl (C=O) groups excluding carboxylic acids is 7. The molecule has 12 rings (SSSR count). The molecule has 4 aromatic heterocycles. The summed E-state index contributed by atoms with van der Waals surface area (Å²) in [5, 5.41) is 30.3. The van der Waals surface area contributed by atoms with E-state index in [9.17, 15) is 43.5 Å². The van der Waals surface area contributed by atoms with Crippen LogP contribution in [0.3, 0.4) is 0 Å². The van der Waals surface area contributed by atoms with Gasteiger partial charge in [-0.2, -0.15) is 0 Å². The van der Waals surface area contributed by atoms with E-state index in [1.807, 2.05) is 130 Å². The van der Waals surface area contributed by atoms with Gasteiger partial charge in [-0.1, -0.05) is 214 Å². The van der Waals surface area contributed by atoms with Gasteiger partial charge < -0.3 is 40.6 Å². The molecule has 0 bridgehead atoms. The van der Waals surface area contributed by atoms with Crippen molar-refractivity contribution < 1.29 is 57.7 Å². The van der Waals surface area contributed by atoms with Gasteiger partial charge in [0.1, 0.15) is 53.8 Å². The molecule has 4 amide bonds. The molecule has 0 spiro atoms. The number of aryl methyl sites for hydroxylation is 3. The summed E-state index contributed by atoms with van der Waals surface area (Å²) in [6, 6.07) is 66.3. The molecule has 4 heterocycles. The minimum absolute atomic E-state index is 0.0308. The van der Waals surface area contributed by atoms with Gasteiger partial charge in [0.05, 0.1) is 7.11 Å². The average molecular weight is 1570 g/mol. The van der Waals surface area contributed by atoms with Gasteiger partial charge in [0.2, 0.25) is 23.6 Å². The first-order valence-electron chi connectivity index (χ1n) is 35.0. The molecule has 22 heteroatoms. The van der Waals surface area contributed by atoms with Crippen molar-refractivity contribution in [1.82, 2.24) is 0 Å². The lowest BCUT2D eigenvalue weighted by Crippen LogP contribution is -2.35. The second kappa shape index (κ2) is 37.6. The van der Waals surface area contributed by atoms with Crippen molar-refractivity contribution in [3.05, 3.63) is 294 Å². The van der Waals surface area contributed by atoms with Crippen LogP contribution in [0.4, 0.5) is 20.0 Å². The lowest BCUT2D eigenvalue weighted by molar-refractivity contribution is -0.123. The van der Waals surface area contributed by atoms with Gasteiger partial charge in [-0.15, -0.1) is 45.3 Å². The molecular weight excluding hydrogens is 1490 g/mol. The molecule has 16 nitrogen and oxygen atoms in total. The lowest BCUT2D eigenvalue weighted by atomic mass is 9.76. The Labute approximate surface area is 657 Å². The number of thiophene rings is 4. The number of carboxylic acid groups (broad SMARTS) is 1. The predicted molar refractivity (Wildman–Crippen MR) is 438 cm³/mol. The summed E-state index contributed by atoms with van der Waals surface area (Å²) < 4.78 is 17.2. The summed E-state index contributed by atoms with van der Waals surface area (Å²) in [7, 11) is 1.54. The SMILES string of the molecule is COc1ccc(-c2csc(NC(=O)CCc3ccccc3)c2C(=O)OC(=O)c2c(-c3ccc(OC(=O)c4c(-c5ccc(Cl)cc5)csc4NC(=O)C(Cc4ccccc4)C(C)(C)C)cc3)csc2NC(=O)CCc2ccccc2)cc1.O=C(CCCCc1ccccc1)Nc1scc(-c2ccc(Cl)cc2)c1C(=O)O. The summed E-state index contributed by atoms with van der Waals surface area (Å²) in [6.45, 7) is 6.03. The minimum Gasteiger partial charge on any atom is -0.497 e. The fourth-order valence-corrected chi connectivity index (χ4v) is 16.2. The quantitative estimate of drug-likeness (QED) is 0.0133. The van der Waals surface area contributed by atoms with E-state index in [1.54, 1.807) is 126 Å². The number of unbranched alkanes of at least 4 members (excludes halogenated alkanes) is 1. The summed E-state index contributed by atoms with van der Waals surface area (Å²) >= 11 is 16.8. The number of rotatable bonds is 28. The zero-order chi connectivity index (χ0) is 77.0. The van der Waals surface area contributed by atoms with Crippen molar-refractivity contribution in [3.63, 3.8) is 0 Å². The standard InChI is InChI=1S/C65H56ClN3O9S3.C22H20ClNO3S/c1-65(2,3)52(36-42-18-12-7-13-19-42)58(72)69-61-57(49(39-81-61)43-22-28-46(66)29-23-43)62(73)77-48-32-26-45(27-33-48)51-38-80-60(68-54(71)35-21-41-16-10-6-11-17-41)56(51)64(75)78-63(74)55-50(44-24-30-47(76-4)31-25-44)37-79-59(55)67-53(70)34-20-40-14-8-5-9-15-40;23-17-12-10-16(11-13-17)18-14-28-21(20(18)22(26)27)24-19(25)9-5-4-8-15-6-2-1-3-7-15/h5-19,22-33,37-39,52H,20-21,34-36H2,1-4H3,(H,67,70)(H,68,71)(H,69,72);1-3,6-7,10-14H,4-5,8-9H2,(H,24,25)(H,26,27). The number of ether oxygens (including phenoxy) is 3. The van der Waals surface area contributed by atoms with Crippen LogP contribution in [-0.4, -0.2) is 59.7 Å². The molecule has 0 saturated heterocycles. The molecule has 0 saturated carbocycles. The van der Waals surface area contributed by atoms with E-state index < -0.39 is 35.2 Å². The Hall–Kier alpha value is -11.1. The van der Waals surface area contributed by atoms with Crippen molar-refractivity contribution in [2.45, 2.75) is 78.6 Å². The number of methoxy groups -OCH3 is 1. The van der Waals surface area contributed by atoms with Crippen LogP contribution in [0.2, 0.25) is 10.0 Å². The molecule has 0 radical (unpaired) electrons. The van der Waals surface area contributed by atoms with Crippen molar-refractivity contribution >= 4 is 136 Å². The van der Waals surface area contributed by atoms with Gasteiger partial charge in [-0.05, 0) is 137 Å². The number of nitrogens with one attached hydrogen (secondary N) is 4. The van der Waals surface area contributed by atoms with E-state index in [0.29, 0.717) is 90.4 Å². The minimum atomic E-state index is -1.06. The molecule has 0 aliphatic rings. The largest absolute Gasteiger partial charge is 0.497 e. The van der Waals surface area contributed by atoms with E-state index in [1.165, 1.54) is 28.2 Å². The van der Waals surface area contributed by atoms with Crippen LogP contribution in [0.5, 0.6) is 11.5 Å². The number of amides is 4. The van der Waals surface area contributed by atoms with E-state index in [2.05, 4.69) is 33.4 Å². The van der Waals surface area contributed by atoms with Crippen LogP contribution in [0.25, 0.3) is 44.5 Å². The number of hydrogen-bond acceptors (Lipinski definition) is 15. The maximum Gasteiger partial charge on any atom is 0.349 e. The van der Waals surface area contributed by atoms with Crippen LogP contribution >= 0.6 is 68.5 Å². The molecule has 1 atom stereocenters. The van der Waals surface area contributed by atoms with E-state index >= 15 is 0 Å². The van der Waals surface area contributed by atoms with Gasteiger partial charge in [-0.25, -0.2) is 19.2 Å². The Morgan fingerprint density at radius 3 is 1.13 bits per heavy atom. The molecule has 1 unspecified atom stereocenters. The van der Waals surface area contributed by atoms with E-state index in [4.69, 9.17) is 37.4 Å². The summed E-state index contributed by atoms with van der Waals surface area (Å²) in [5.41, 5.74) is 8.25. The molecule has 8 aromatic carbocycles. The average Bonchev–Trinajstić information content (AvgIpc) is 1.69. The Kier molecular flexibility index (Phi) is 27.3. The topological polar surface area (TPSA) is 233 Å². The first kappa shape index (κ1) is 79.0. The normalized spacial score (nSPS) is 11.3. The number of aromatic carboxylic acids is 1. The summed E-state index contributed by atoms with van der Waals surface area (Å²) in [4.78, 5) is 109. The summed E-state index contributed by atoms with van der Waals surface area (Å²) in [6.07, 6.45) is 4.54. The van der Waals surface area contributed by atoms with E-state index in [0.717, 1.165) is 64.2 Å². The Morgan fingerprint density at radius 2 is 0.734 bits per heavy atom. The molecule has 5 N–H and O–H groups in total. The Bertz CT molecular complexity index is 5160.